The number of aliphatic hydroxyl groups is 1. The Bertz CT molecular complexity index is 712. The highest BCUT2D eigenvalue weighted by Crippen LogP contribution is 2.45. The van der Waals surface area contributed by atoms with Crippen LogP contribution in [-0.4, -0.2) is 18.2 Å². The molecule has 0 aliphatic heterocycles. The van der Waals surface area contributed by atoms with Gasteiger partial charge in [-0.1, -0.05) is 67.8 Å². The van der Waals surface area contributed by atoms with Crippen molar-refractivity contribution in [1.82, 2.24) is 0 Å². The number of rotatable bonds is 9. The standard InChI is InChI=1S/C27H38O3/c1-20-14-19-25(24(20)12-8-3-4-9-13-26(28)30-2)21-15-17-23(18-16-21)27(29)22-10-6-5-7-11-22/h3,8,15-18,22,24-25,27,29H,1,4-7,9-14,19H2,2H3/b8-3-/t24-,25?,27?/m0/s1. The van der Waals surface area contributed by atoms with E-state index in [1.54, 1.807) is 0 Å². The second-order valence-corrected chi connectivity index (χ2v) is 9.09. The van der Waals surface area contributed by atoms with E-state index in [4.69, 9.17) is 0 Å². The maximum absolute atomic E-state index is 11.2. The second kappa shape index (κ2) is 11.5. The molecular weight excluding hydrogens is 372 g/mol. The Morgan fingerprint density at radius 3 is 2.60 bits per heavy atom. The summed E-state index contributed by atoms with van der Waals surface area (Å²) in [5, 5.41) is 10.8. The minimum absolute atomic E-state index is 0.135. The highest BCUT2D eigenvalue weighted by Gasteiger charge is 2.31. The summed E-state index contributed by atoms with van der Waals surface area (Å²) in [5.74, 6) is 1.28. The lowest BCUT2D eigenvalue weighted by Crippen LogP contribution is -2.16. The topological polar surface area (TPSA) is 46.5 Å². The van der Waals surface area contributed by atoms with Crippen molar-refractivity contribution in [3.63, 3.8) is 0 Å². The van der Waals surface area contributed by atoms with Crippen molar-refractivity contribution in [1.29, 1.82) is 0 Å². The minimum atomic E-state index is -0.318. The molecule has 2 aliphatic carbocycles. The third-order valence-electron chi connectivity index (χ3n) is 7.13. The average Bonchev–Trinajstić information content (AvgIpc) is 3.16. The number of carbonyl (C=O) groups excluding carboxylic acids is 1. The molecule has 3 rings (SSSR count). The van der Waals surface area contributed by atoms with E-state index in [1.165, 1.54) is 37.5 Å². The van der Waals surface area contributed by atoms with E-state index in [0.29, 0.717) is 24.2 Å². The highest BCUT2D eigenvalue weighted by molar-refractivity contribution is 5.69. The first-order valence-electron chi connectivity index (χ1n) is 11.8. The zero-order chi connectivity index (χ0) is 21.3. The van der Waals surface area contributed by atoms with Crippen molar-refractivity contribution >= 4 is 5.97 Å². The van der Waals surface area contributed by atoms with E-state index in [-0.39, 0.29) is 12.1 Å². The van der Waals surface area contributed by atoms with Crippen LogP contribution in [0.5, 0.6) is 0 Å². The average molecular weight is 411 g/mol. The number of hydrogen-bond acceptors (Lipinski definition) is 3. The van der Waals surface area contributed by atoms with Crippen LogP contribution >= 0.6 is 0 Å². The third kappa shape index (κ3) is 6.07. The molecule has 0 heterocycles. The maximum Gasteiger partial charge on any atom is 0.305 e. The van der Waals surface area contributed by atoms with Gasteiger partial charge in [0.1, 0.15) is 0 Å². The summed E-state index contributed by atoms with van der Waals surface area (Å²) in [6.07, 6.45) is 15.7. The lowest BCUT2D eigenvalue weighted by Gasteiger charge is -2.27. The molecule has 2 saturated carbocycles. The van der Waals surface area contributed by atoms with Gasteiger partial charge in [-0.15, -0.1) is 0 Å². The molecule has 3 atom stereocenters. The Hall–Kier alpha value is -1.87. The van der Waals surface area contributed by atoms with Crippen LogP contribution in [0.3, 0.4) is 0 Å². The predicted octanol–water partition coefficient (Wildman–Crippen LogP) is 6.64. The molecule has 30 heavy (non-hydrogen) atoms. The zero-order valence-corrected chi connectivity index (χ0v) is 18.5. The number of esters is 1. The van der Waals surface area contributed by atoms with Gasteiger partial charge in [0.15, 0.2) is 0 Å². The fraction of sp³-hybridized carbons (Fsp3) is 0.593. The van der Waals surface area contributed by atoms with E-state index in [1.807, 2.05) is 0 Å². The SMILES string of the molecule is C=C1CCC(c2ccc(C(O)C3CCCCC3)cc2)[C@H]1C/C=C\CCCC(=O)OC. The van der Waals surface area contributed by atoms with E-state index < -0.39 is 0 Å². The minimum Gasteiger partial charge on any atom is -0.469 e. The predicted molar refractivity (Wildman–Crippen MR) is 122 cm³/mol. The number of allylic oxidation sites excluding steroid dienone is 3. The summed E-state index contributed by atoms with van der Waals surface area (Å²) < 4.78 is 4.68. The second-order valence-electron chi connectivity index (χ2n) is 9.09. The third-order valence-corrected chi connectivity index (χ3v) is 7.13. The molecular formula is C27H38O3. The molecule has 0 bridgehead atoms. The van der Waals surface area contributed by atoms with Crippen LogP contribution in [0, 0.1) is 11.8 Å². The Morgan fingerprint density at radius 1 is 1.17 bits per heavy atom. The molecule has 2 aliphatic rings. The van der Waals surface area contributed by atoms with Gasteiger partial charge in [0.2, 0.25) is 0 Å². The fourth-order valence-corrected chi connectivity index (χ4v) is 5.23. The van der Waals surface area contributed by atoms with Crippen molar-refractivity contribution in [3.8, 4) is 0 Å². The molecule has 3 heteroatoms. The fourth-order valence-electron chi connectivity index (χ4n) is 5.23. The molecule has 2 unspecified atom stereocenters. The Kier molecular flexibility index (Phi) is 8.74. The van der Waals surface area contributed by atoms with Crippen LogP contribution in [0.2, 0.25) is 0 Å². The largest absolute Gasteiger partial charge is 0.469 e. The maximum atomic E-state index is 11.2. The summed E-state index contributed by atoms with van der Waals surface area (Å²) in [4.78, 5) is 11.2. The molecule has 1 aromatic rings. The smallest absolute Gasteiger partial charge is 0.305 e. The van der Waals surface area contributed by atoms with Gasteiger partial charge in [-0.2, -0.15) is 0 Å². The van der Waals surface area contributed by atoms with Gasteiger partial charge in [0, 0.05) is 6.42 Å². The van der Waals surface area contributed by atoms with Crippen molar-refractivity contribution < 1.29 is 14.6 Å². The van der Waals surface area contributed by atoms with Crippen molar-refractivity contribution in [2.75, 3.05) is 7.11 Å². The van der Waals surface area contributed by atoms with E-state index in [2.05, 4.69) is 47.7 Å². The number of aliphatic hydroxyl groups excluding tert-OH is 1. The van der Waals surface area contributed by atoms with E-state index in [9.17, 15) is 9.90 Å². The van der Waals surface area contributed by atoms with Crippen molar-refractivity contribution in [2.24, 2.45) is 11.8 Å². The lowest BCUT2D eigenvalue weighted by atomic mass is 9.81. The lowest BCUT2D eigenvalue weighted by molar-refractivity contribution is -0.140. The molecule has 0 radical (unpaired) electrons. The monoisotopic (exact) mass is 410 g/mol. The van der Waals surface area contributed by atoms with Crippen LogP contribution in [-0.2, 0) is 9.53 Å². The molecule has 0 spiro atoms. The summed E-state index contributed by atoms with van der Waals surface area (Å²) in [6, 6.07) is 8.76. The van der Waals surface area contributed by atoms with E-state index >= 15 is 0 Å². The quantitative estimate of drug-likeness (QED) is 0.282. The molecule has 3 nitrogen and oxygen atoms in total. The first-order chi connectivity index (χ1) is 14.6. The molecule has 1 N–H and O–H groups in total. The van der Waals surface area contributed by atoms with Gasteiger partial charge < -0.3 is 9.84 Å². The Balaban J connectivity index is 1.54. The normalized spacial score (nSPS) is 23.7. The van der Waals surface area contributed by atoms with Gasteiger partial charge in [-0.3, -0.25) is 4.79 Å². The number of unbranched alkanes of at least 4 members (excludes halogenated alkanes) is 1. The summed E-state index contributed by atoms with van der Waals surface area (Å²) in [7, 11) is 1.44. The Morgan fingerprint density at radius 2 is 1.90 bits per heavy atom. The molecule has 0 saturated heterocycles. The number of hydrogen-bond donors (Lipinski definition) is 1. The van der Waals surface area contributed by atoms with Gasteiger partial charge >= 0.3 is 5.97 Å². The molecule has 2 fully saturated rings. The molecule has 164 valence electrons. The van der Waals surface area contributed by atoms with Crippen molar-refractivity contribution in [3.05, 3.63) is 59.7 Å². The summed E-state index contributed by atoms with van der Waals surface area (Å²) in [5.41, 5.74) is 3.80. The number of ether oxygens (including phenoxy) is 1. The first-order valence-corrected chi connectivity index (χ1v) is 11.8. The van der Waals surface area contributed by atoms with Gasteiger partial charge in [-0.05, 0) is 73.8 Å². The van der Waals surface area contributed by atoms with Gasteiger partial charge in [0.05, 0.1) is 13.2 Å². The molecule has 0 amide bonds. The zero-order valence-electron chi connectivity index (χ0n) is 18.5. The van der Waals surface area contributed by atoms with Crippen molar-refractivity contribution in [2.45, 2.75) is 82.7 Å². The van der Waals surface area contributed by atoms with Crippen LogP contribution in [0.25, 0.3) is 0 Å². The van der Waals surface area contributed by atoms with Crippen LogP contribution < -0.4 is 0 Å². The highest BCUT2D eigenvalue weighted by atomic mass is 16.5. The first kappa shape index (κ1) is 22.8. The number of benzene rings is 1. The van der Waals surface area contributed by atoms with Crippen LogP contribution in [0.1, 0.15) is 93.8 Å². The molecule has 1 aromatic carbocycles. The Labute approximate surface area is 182 Å². The number of carbonyl (C=O) groups is 1. The van der Waals surface area contributed by atoms with E-state index in [0.717, 1.165) is 50.5 Å². The van der Waals surface area contributed by atoms with Crippen LogP contribution in [0.15, 0.2) is 48.6 Å². The number of methoxy groups -OCH3 is 1. The summed E-state index contributed by atoms with van der Waals surface area (Å²) in [6.45, 7) is 4.33. The summed E-state index contributed by atoms with van der Waals surface area (Å²) >= 11 is 0. The van der Waals surface area contributed by atoms with Crippen LogP contribution in [0.4, 0.5) is 0 Å². The molecule has 0 aromatic heterocycles. The van der Waals surface area contributed by atoms with Gasteiger partial charge in [-0.25, -0.2) is 0 Å². The van der Waals surface area contributed by atoms with Gasteiger partial charge in [0.25, 0.3) is 0 Å².